The molecule has 1 fully saturated rings. The third-order valence-corrected chi connectivity index (χ3v) is 5.39. The summed E-state index contributed by atoms with van der Waals surface area (Å²) in [6.07, 6.45) is 2.68. The van der Waals surface area contributed by atoms with E-state index in [9.17, 15) is 4.79 Å². The summed E-state index contributed by atoms with van der Waals surface area (Å²) < 4.78 is 13.8. The summed E-state index contributed by atoms with van der Waals surface area (Å²) in [7, 11) is 1.88. The SMILES string of the molecule is C[C@@H]1Cc2c(C(=O)NCC3CC(C)(C)OC(C)(C)C3)nn(C)c2[C@H](C)O1. The normalized spacial score (nSPS) is 27.8. The van der Waals surface area contributed by atoms with E-state index in [-0.39, 0.29) is 29.3 Å². The van der Waals surface area contributed by atoms with Crippen molar-refractivity contribution in [2.75, 3.05) is 6.54 Å². The average Bonchev–Trinajstić information content (AvgIpc) is 2.78. The van der Waals surface area contributed by atoms with Crippen molar-refractivity contribution in [1.29, 1.82) is 0 Å². The van der Waals surface area contributed by atoms with E-state index in [0.717, 1.165) is 30.5 Å². The van der Waals surface area contributed by atoms with E-state index in [0.29, 0.717) is 18.2 Å². The largest absolute Gasteiger partial charge is 0.370 e. The van der Waals surface area contributed by atoms with Crippen LogP contribution in [0.3, 0.4) is 0 Å². The quantitative estimate of drug-likeness (QED) is 0.896. The summed E-state index contributed by atoms with van der Waals surface area (Å²) in [6.45, 7) is 13.2. The first-order valence-electron chi connectivity index (χ1n) is 9.67. The first-order valence-corrected chi connectivity index (χ1v) is 9.67. The fraction of sp³-hybridized carbons (Fsp3) is 0.800. The number of aryl methyl sites for hydroxylation is 1. The van der Waals surface area contributed by atoms with Crippen LogP contribution in [0.5, 0.6) is 0 Å². The van der Waals surface area contributed by atoms with Crippen molar-refractivity contribution in [3.63, 3.8) is 0 Å². The Morgan fingerprint density at radius 3 is 2.46 bits per heavy atom. The lowest BCUT2D eigenvalue weighted by Crippen LogP contribution is -2.48. The third-order valence-electron chi connectivity index (χ3n) is 5.39. The molecule has 26 heavy (non-hydrogen) atoms. The van der Waals surface area contributed by atoms with Gasteiger partial charge in [-0.2, -0.15) is 5.10 Å². The Kier molecular flexibility index (Phi) is 4.95. The molecular weight excluding hydrogens is 330 g/mol. The molecule has 6 nitrogen and oxygen atoms in total. The van der Waals surface area contributed by atoms with Gasteiger partial charge in [0, 0.05) is 25.6 Å². The molecule has 1 aromatic heterocycles. The number of carbonyl (C=O) groups is 1. The van der Waals surface area contributed by atoms with Crippen LogP contribution in [0.1, 0.15) is 82.2 Å². The van der Waals surface area contributed by atoms with Crippen LogP contribution in [0.4, 0.5) is 0 Å². The Hall–Kier alpha value is -1.40. The Labute approximate surface area is 156 Å². The van der Waals surface area contributed by atoms with E-state index < -0.39 is 0 Å². The van der Waals surface area contributed by atoms with E-state index in [1.54, 1.807) is 4.68 Å². The summed E-state index contributed by atoms with van der Waals surface area (Å²) in [6, 6.07) is 0. The summed E-state index contributed by atoms with van der Waals surface area (Å²) >= 11 is 0. The van der Waals surface area contributed by atoms with Crippen LogP contribution in [0, 0.1) is 5.92 Å². The first kappa shape index (κ1) is 19.4. The van der Waals surface area contributed by atoms with Crippen LogP contribution in [0.15, 0.2) is 0 Å². The molecule has 2 aliphatic rings. The fourth-order valence-electron chi connectivity index (χ4n) is 4.98. The van der Waals surface area contributed by atoms with Crippen LogP contribution in [-0.4, -0.2) is 39.5 Å². The maximum atomic E-state index is 12.8. The van der Waals surface area contributed by atoms with Gasteiger partial charge in [0.25, 0.3) is 5.91 Å². The molecule has 0 unspecified atom stereocenters. The predicted octanol–water partition coefficient (Wildman–Crippen LogP) is 3.16. The van der Waals surface area contributed by atoms with E-state index in [2.05, 4.69) is 38.1 Å². The highest BCUT2D eigenvalue weighted by atomic mass is 16.5. The predicted molar refractivity (Wildman–Crippen MR) is 100 cm³/mol. The van der Waals surface area contributed by atoms with Crippen molar-refractivity contribution >= 4 is 5.91 Å². The van der Waals surface area contributed by atoms with Gasteiger partial charge in [-0.05, 0) is 60.3 Å². The molecule has 6 heteroatoms. The van der Waals surface area contributed by atoms with Gasteiger partial charge in [-0.3, -0.25) is 9.48 Å². The van der Waals surface area contributed by atoms with Gasteiger partial charge in [-0.15, -0.1) is 0 Å². The molecule has 0 radical (unpaired) electrons. The number of ether oxygens (including phenoxy) is 2. The lowest BCUT2D eigenvalue weighted by atomic mass is 9.81. The third kappa shape index (κ3) is 3.96. The minimum atomic E-state index is -0.163. The Morgan fingerprint density at radius 1 is 1.23 bits per heavy atom. The van der Waals surface area contributed by atoms with E-state index in [1.807, 2.05) is 20.9 Å². The monoisotopic (exact) mass is 363 g/mol. The number of nitrogens with zero attached hydrogens (tertiary/aromatic N) is 2. The van der Waals surface area contributed by atoms with Crippen molar-refractivity contribution in [2.24, 2.45) is 13.0 Å². The molecule has 0 saturated carbocycles. The standard InChI is InChI=1S/C20H33N3O3/c1-12-8-15-16(22-23(7)17(15)13(2)25-12)18(24)21-11-14-9-19(3,4)26-20(5,6)10-14/h12-14H,8-11H2,1-7H3,(H,21,24)/t12-,13+/m1/s1. The van der Waals surface area contributed by atoms with Crippen LogP contribution >= 0.6 is 0 Å². The van der Waals surface area contributed by atoms with Crippen molar-refractivity contribution in [3.05, 3.63) is 17.0 Å². The molecule has 1 N–H and O–H groups in total. The summed E-state index contributed by atoms with van der Waals surface area (Å²) in [5, 5.41) is 7.62. The van der Waals surface area contributed by atoms with Crippen molar-refractivity contribution < 1.29 is 14.3 Å². The first-order chi connectivity index (χ1) is 12.0. The minimum Gasteiger partial charge on any atom is -0.370 e. The minimum absolute atomic E-state index is 0.0371. The highest BCUT2D eigenvalue weighted by molar-refractivity contribution is 5.94. The van der Waals surface area contributed by atoms with Crippen molar-refractivity contribution in [1.82, 2.24) is 15.1 Å². The van der Waals surface area contributed by atoms with Gasteiger partial charge in [0.05, 0.1) is 29.1 Å². The van der Waals surface area contributed by atoms with Gasteiger partial charge in [0.1, 0.15) is 0 Å². The molecule has 1 amide bonds. The summed E-state index contributed by atoms with van der Waals surface area (Å²) in [5.41, 5.74) is 2.27. The van der Waals surface area contributed by atoms with Gasteiger partial charge in [0.2, 0.25) is 0 Å². The molecule has 1 aromatic rings. The average molecular weight is 364 g/mol. The molecule has 1 saturated heterocycles. The van der Waals surface area contributed by atoms with E-state index in [1.165, 1.54) is 0 Å². The van der Waals surface area contributed by atoms with Gasteiger partial charge >= 0.3 is 0 Å². The van der Waals surface area contributed by atoms with Gasteiger partial charge in [0.15, 0.2) is 5.69 Å². The molecule has 0 spiro atoms. The zero-order chi connectivity index (χ0) is 19.3. The molecule has 3 rings (SSSR count). The van der Waals surface area contributed by atoms with Crippen LogP contribution in [-0.2, 0) is 22.9 Å². The zero-order valence-electron chi connectivity index (χ0n) is 17.2. The maximum Gasteiger partial charge on any atom is 0.272 e. The van der Waals surface area contributed by atoms with Gasteiger partial charge in [-0.1, -0.05) is 0 Å². The van der Waals surface area contributed by atoms with Crippen molar-refractivity contribution in [2.45, 2.75) is 84.2 Å². The Morgan fingerprint density at radius 2 is 1.85 bits per heavy atom. The molecule has 0 aliphatic carbocycles. The van der Waals surface area contributed by atoms with Gasteiger partial charge < -0.3 is 14.8 Å². The van der Waals surface area contributed by atoms with E-state index >= 15 is 0 Å². The number of hydrogen-bond acceptors (Lipinski definition) is 4. The lowest BCUT2D eigenvalue weighted by molar-refractivity contribution is -0.171. The van der Waals surface area contributed by atoms with Crippen molar-refractivity contribution in [3.8, 4) is 0 Å². The number of amides is 1. The second-order valence-corrected chi connectivity index (χ2v) is 9.23. The fourth-order valence-corrected chi connectivity index (χ4v) is 4.98. The molecule has 2 aliphatic heterocycles. The van der Waals surface area contributed by atoms with Gasteiger partial charge in [-0.25, -0.2) is 0 Å². The lowest BCUT2D eigenvalue weighted by Gasteiger charge is -2.45. The highest BCUT2D eigenvalue weighted by Crippen LogP contribution is 2.38. The number of fused-ring (bicyclic) bond motifs is 1. The number of nitrogens with one attached hydrogen (secondary N) is 1. The molecule has 2 atom stereocenters. The highest BCUT2D eigenvalue weighted by Gasteiger charge is 2.39. The second kappa shape index (κ2) is 6.64. The molecule has 146 valence electrons. The Bertz CT molecular complexity index is 677. The Balaban J connectivity index is 1.71. The molecule has 0 aromatic carbocycles. The zero-order valence-corrected chi connectivity index (χ0v) is 17.2. The molecule has 0 bridgehead atoms. The van der Waals surface area contributed by atoms with Crippen LogP contribution < -0.4 is 5.32 Å². The smallest absolute Gasteiger partial charge is 0.272 e. The number of hydrogen-bond donors (Lipinski definition) is 1. The number of carbonyl (C=O) groups excluding carboxylic acids is 1. The topological polar surface area (TPSA) is 65.4 Å². The van der Waals surface area contributed by atoms with Crippen LogP contribution in [0.2, 0.25) is 0 Å². The maximum absolute atomic E-state index is 12.8. The molecular formula is C20H33N3O3. The second-order valence-electron chi connectivity index (χ2n) is 9.23. The van der Waals surface area contributed by atoms with Crippen LogP contribution in [0.25, 0.3) is 0 Å². The number of rotatable bonds is 3. The summed E-state index contributed by atoms with van der Waals surface area (Å²) in [5.74, 6) is 0.323. The molecule has 3 heterocycles. The number of aromatic nitrogens is 2. The van der Waals surface area contributed by atoms with E-state index in [4.69, 9.17) is 9.47 Å². The summed E-state index contributed by atoms with van der Waals surface area (Å²) in [4.78, 5) is 12.8.